The standard InChI is InChI=1S/C18H40N2/c1-15(2)8-10-20(11-9-16(3)4)14-18(7)13-19-12-17(5)6/h15-19H,8-14H2,1-7H3. The zero-order chi connectivity index (χ0) is 15.5. The van der Waals surface area contributed by atoms with Crippen molar-refractivity contribution in [3.8, 4) is 0 Å². The summed E-state index contributed by atoms with van der Waals surface area (Å²) >= 11 is 0. The molecule has 0 saturated carbocycles. The fourth-order valence-electron chi connectivity index (χ4n) is 2.30. The van der Waals surface area contributed by atoms with E-state index >= 15 is 0 Å². The highest BCUT2D eigenvalue weighted by atomic mass is 15.1. The molecule has 0 fully saturated rings. The molecule has 0 spiro atoms. The van der Waals surface area contributed by atoms with Gasteiger partial charge in [0.2, 0.25) is 0 Å². The van der Waals surface area contributed by atoms with Crippen molar-refractivity contribution < 1.29 is 0 Å². The summed E-state index contributed by atoms with van der Waals surface area (Å²) in [5.41, 5.74) is 0. The molecular weight excluding hydrogens is 244 g/mol. The Bertz CT molecular complexity index is 199. The fourth-order valence-corrected chi connectivity index (χ4v) is 2.30. The minimum atomic E-state index is 0.744. The van der Waals surface area contributed by atoms with E-state index in [0.29, 0.717) is 0 Å². The topological polar surface area (TPSA) is 15.3 Å². The molecule has 0 amide bonds. The van der Waals surface area contributed by atoms with Gasteiger partial charge in [0, 0.05) is 6.54 Å². The van der Waals surface area contributed by atoms with E-state index in [4.69, 9.17) is 0 Å². The van der Waals surface area contributed by atoms with E-state index in [1.807, 2.05) is 0 Å². The van der Waals surface area contributed by atoms with Crippen LogP contribution in [0.4, 0.5) is 0 Å². The molecule has 20 heavy (non-hydrogen) atoms. The molecule has 0 aliphatic rings. The molecule has 0 heterocycles. The van der Waals surface area contributed by atoms with Gasteiger partial charge in [-0.25, -0.2) is 0 Å². The molecule has 0 saturated heterocycles. The average Bonchev–Trinajstić information content (AvgIpc) is 2.31. The molecular formula is C18H40N2. The van der Waals surface area contributed by atoms with Gasteiger partial charge in [-0.3, -0.25) is 0 Å². The number of hydrogen-bond acceptors (Lipinski definition) is 2. The summed E-state index contributed by atoms with van der Waals surface area (Å²) in [6, 6.07) is 0. The zero-order valence-corrected chi connectivity index (χ0v) is 15.2. The quantitative estimate of drug-likeness (QED) is 0.576. The summed E-state index contributed by atoms with van der Waals surface area (Å²) in [5, 5.41) is 3.59. The summed E-state index contributed by atoms with van der Waals surface area (Å²) in [4.78, 5) is 2.68. The normalized spacial score (nSPS) is 13.9. The lowest BCUT2D eigenvalue weighted by Crippen LogP contribution is -2.36. The number of hydrogen-bond donors (Lipinski definition) is 1. The molecule has 0 bridgehead atoms. The number of nitrogens with zero attached hydrogens (tertiary/aromatic N) is 1. The SMILES string of the molecule is CC(C)CCN(CCC(C)C)CC(C)CNCC(C)C. The Hall–Kier alpha value is -0.0800. The zero-order valence-electron chi connectivity index (χ0n) is 15.2. The third-order valence-electron chi connectivity index (χ3n) is 3.66. The van der Waals surface area contributed by atoms with Crippen molar-refractivity contribution in [2.45, 2.75) is 61.3 Å². The van der Waals surface area contributed by atoms with E-state index in [2.05, 4.69) is 58.7 Å². The van der Waals surface area contributed by atoms with E-state index in [9.17, 15) is 0 Å². The highest BCUT2D eigenvalue weighted by molar-refractivity contribution is 4.67. The van der Waals surface area contributed by atoms with Crippen LogP contribution in [-0.4, -0.2) is 37.6 Å². The van der Waals surface area contributed by atoms with Crippen LogP contribution in [0.1, 0.15) is 61.3 Å². The van der Waals surface area contributed by atoms with Crippen LogP contribution in [0.15, 0.2) is 0 Å². The lowest BCUT2D eigenvalue weighted by molar-refractivity contribution is 0.211. The third kappa shape index (κ3) is 12.9. The van der Waals surface area contributed by atoms with Crippen molar-refractivity contribution in [2.75, 3.05) is 32.7 Å². The van der Waals surface area contributed by atoms with Crippen LogP contribution in [-0.2, 0) is 0 Å². The van der Waals surface area contributed by atoms with Crippen molar-refractivity contribution in [3.05, 3.63) is 0 Å². The first-order chi connectivity index (χ1) is 9.31. The lowest BCUT2D eigenvalue weighted by Gasteiger charge is -2.27. The molecule has 0 aromatic rings. The van der Waals surface area contributed by atoms with Crippen molar-refractivity contribution in [3.63, 3.8) is 0 Å². The van der Waals surface area contributed by atoms with Gasteiger partial charge in [0.05, 0.1) is 0 Å². The van der Waals surface area contributed by atoms with Gasteiger partial charge in [0.15, 0.2) is 0 Å². The molecule has 0 aromatic carbocycles. The van der Waals surface area contributed by atoms with Gasteiger partial charge >= 0.3 is 0 Å². The van der Waals surface area contributed by atoms with E-state index in [1.165, 1.54) is 32.5 Å². The van der Waals surface area contributed by atoms with Crippen LogP contribution in [0.5, 0.6) is 0 Å². The maximum Gasteiger partial charge on any atom is 0.00191 e. The lowest BCUT2D eigenvalue weighted by atomic mass is 10.1. The predicted octanol–water partition coefficient (Wildman–Crippen LogP) is 4.26. The molecule has 1 unspecified atom stereocenters. The Morgan fingerprint density at radius 1 is 0.700 bits per heavy atom. The highest BCUT2D eigenvalue weighted by Crippen LogP contribution is 2.09. The van der Waals surface area contributed by atoms with Gasteiger partial charge in [0.1, 0.15) is 0 Å². The fraction of sp³-hybridized carbons (Fsp3) is 1.00. The smallest absolute Gasteiger partial charge is 0.00191 e. The Kier molecular flexibility index (Phi) is 11.5. The molecule has 0 radical (unpaired) electrons. The number of rotatable bonds is 12. The van der Waals surface area contributed by atoms with Gasteiger partial charge in [0.25, 0.3) is 0 Å². The molecule has 122 valence electrons. The highest BCUT2D eigenvalue weighted by Gasteiger charge is 2.11. The van der Waals surface area contributed by atoms with Crippen LogP contribution in [0.2, 0.25) is 0 Å². The molecule has 2 heteroatoms. The molecule has 0 aliphatic carbocycles. The summed E-state index contributed by atoms with van der Waals surface area (Å²) in [6.07, 6.45) is 2.65. The second-order valence-corrected chi connectivity index (χ2v) is 7.82. The van der Waals surface area contributed by atoms with Crippen LogP contribution < -0.4 is 5.32 Å². The van der Waals surface area contributed by atoms with E-state index in [0.717, 1.165) is 36.8 Å². The van der Waals surface area contributed by atoms with Gasteiger partial charge < -0.3 is 10.2 Å². The summed E-state index contributed by atoms with van der Waals surface area (Å²) in [6.45, 7) is 22.3. The minimum Gasteiger partial charge on any atom is -0.316 e. The van der Waals surface area contributed by atoms with Gasteiger partial charge in [-0.2, -0.15) is 0 Å². The van der Waals surface area contributed by atoms with Gasteiger partial charge in [-0.05, 0) is 62.7 Å². The first kappa shape index (κ1) is 19.9. The van der Waals surface area contributed by atoms with E-state index in [1.54, 1.807) is 0 Å². The first-order valence-electron chi connectivity index (χ1n) is 8.74. The summed E-state index contributed by atoms with van der Waals surface area (Å²) in [5.74, 6) is 3.12. The Labute approximate surface area is 128 Å². The first-order valence-corrected chi connectivity index (χ1v) is 8.74. The Morgan fingerprint density at radius 3 is 1.60 bits per heavy atom. The van der Waals surface area contributed by atoms with Crippen LogP contribution in [0.3, 0.4) is 0 Å². The Balaban J connectivity index is 4.03. The molecule has 1 N–H and O–H groups in total. The molecule has 0 aromatic heterocycles. The monoisotopic (exact) mass is 284 g/mol. The van der Waals surface area contributed by atoms with E-state index in [-0.39, 0.29) is 0 Å². The average molecular weight is 285 g/mol. The molecule has 1 atom stereocenters. The Morgan fingerprint density at radius 2 is 1.20 bits per heavy atom. The summed E-state index contributed by atoms with van der Waals surface area (Å²) in [7, 11) is 0. The summed E-state index contributed by atoms with van der Waals surface area (Å²) < 4.78 is 0. The van der Waals surface area contributed by atoms with Crippen LogP contribution in [0.25, 0.3) is 0 Å². The molecule has 0 aliphatic heterocycles. The van der Waals surface area contributed by atoms with Crippen molar-refractivity contribution in [1.82, 2.24) is 10.2 Å². The number of nitrogens with one attached hydrogen (secondary N) is 1. The maximum atomic E-state index is 3.59. The van der Waals surface area contributed by atoms with Gasteiger partial charge in [-0.15, -0.1) is 0 Å². The molecule has 2 nitrogen and oxygen atoms in total. The molecule has 0 rings (SSSR count). The maximum absolute atomic E-state index is 3.59. The second kappa shape index (κ2) is 11.6. The van der Waals surface area contributed by atoms with E-state index < -0.39 is 0 Å². The second-order valence-electron chi connectivity index (χ2n) is 7.82. The van der Waals surface area contributed by atoms with Crippen molar-refractivity contribution in [2.24, 2.45) is 23.7 Å². The minimum absolute atomic E-state index is 0.744. The van der Waals surface area contributed by atoms with Crippen molar-refractivity contribution in [1.29, 1.82) is 0 Å². The predicted molar refractivity (Wildman–Crippen MR) is 92.2 cm³/mol. The van der Waals surface area contributed by atoms with Crippen LogP contribution in [0, 0.1) is 23.7 Å². The van der Waals surface area contributed by atoms with Crippen molar-refractivity contribution >= 4 is 0 Å². The third-order valence-corrected chi connectivity index (χ3v) is 3.66. The van der Waals surface area contributed by atoms with Crippen LogP contribution >= 0.6 is 0 Å². The largest absolute Gasteiger partial charge is 0.316 e. The van der Waals surface area contributed by atoms with Gasteiger partial charge in [-0.1, -0.05) is 48.5 Å².